The van der Waals surface area contributed by atoms with Gasteiger partial charge in [0.15, 0.2) is 0 Å². The molecule has 0 unspecified atom stereocenters. The summed E-state index contributed by atoms with van der Waals surface area (Å²) in [5.41, 5.74) is 0.499. The lowest BCUT2D eigenvalue weighted by molar-refractivity contribution is 0.0997. The highest BCUT2D eigenvalue weighted by atomic mass is 79.9. The van der Waals surface area contributed by atoms with Crippen LogP contribution >= 0.6 is 31.9 Å². The fourth-order valence-electron chi connectivity index (χ4n) is 1.56. The smallest absolute Gasteiger partial charge is 0.228 e. The molecule has 0 aliphatic rings. The van der Waals surface area contributed by atoms with Gasteiger partial charge in [-0.25, -0.2) is 0 Å². The Morgan fingerprint density at radius 2 is 1.76 bits per heavy atom. The van der Waals surface area contributed by atoms with Crippen molar-refractivity contribution in [3.8, 4) is 6.07 Å². The van der Waals surface area contributed by atoms with Crippen molar-refractivity contribution < 1.29 is 4.79 Å². The van der Waals surface area contributed by atoms with E-state index in [-0.39, 0.29) is 5.78 Å². The average Bonchev–Trinajstić information content (AvgIpc) is 2.37. The average molecular weight is 353 g/mol. The molecule has 0 aliphatic heterocycles. The van der Waals surface area contributed by atoms with E-state index in [9.17, 15) is 4.79 Å². The molecule has 0 fully saturated rings. The molecule has 0 saturated heterocycles. The third-order valence-electron chi connectivity index (χ3n) is 2.44. The first-order valence-electron chi connectivity index (χ1n) is 4.87. The molecule has 0 heterocycles. The lowest BCUT2D eigenvalue weighted by Gasteiger charge is -2.10. The summed E-state index contributed by atoms with van der Waals surface area (Å²) < 4.78 is -1.34. The second kappa shape index (κ2) is 4.59. The fraction of sp³-hybridized carbons (Fsp3) is 0.0769. The van der Waals surface area contributed by atoms with Crippen LogP contribution in [0, 0.1) is 11.3 Å². The number of benzene rings is 2. The Balaban J connectivity index is 2.51. The Labute approximate surface area is 115 Å². The summed E-state index contributed by atoms with van der Waals surface area (Å²) in [6, 6.07) is 15.0. The predicted molar refractivity (Wildman–Crippen MR) is 74.5 cm³/mol. The van der Waals surface area contributed by atoms with Crippen LogP contribution in [0.5, 0.6) is 0 Å². The number of alkyl halides is 2. The first-order valence-corrected chi connectivity index (χ1v) is 6.46. The van der Waals surface area contributed by atoms with E-state index in [2.05, 4.69) is 31.9 Å². The largest absolute Gasteiger partial charge is 0.290 e. The third-order valence-corrected chi connectivity index (χ3v) is 3.51. The van der Waals surface area contributed by atoms with Crippen molar-refractivity contribution in [2.75, 3.05) is 0 Å². The maximum absolute atomic E-state index is 12.0. The molecule has 84 valence electrons. The topological polar surface area (TPSA) is 40.9 Å². The van der Waals surface area contributed by atoms with Crippen molar-refractivity contribution in [3.05, 3.63) is 48.0 Å². The van der Waals surface area contributed by atoms with Gasteiger partial charge in [0.25, 0.3) is 0 Å². The number of fused-ring (bicyclic) bond motifs is 1. The van der Waals surface area contributed by atoms with E-state index in [4.69, 9.17) is 5.26 Å². The van der Waals surface area contributed by atoms with E-state index >= 15 is 0 Å². The molecule has 17 heavy (non-hydrogen) atoms. The minimum atomic E-state index is -1.34. The fourth-order valence-corrected chi connectivity index (χ4v) is 2.02. The quantitative estimate of drug-likeness (QED) is 0.604. The van der Waals surface area contributed by atoms with Crippen LogP contribution in [0.15, 0.2) is 42.5 Å². The lowest BCUT2D eigenvalue weighted by Crippen LogP contribution is -2.22. The van der Waals surface area contributed by atoms with Crippen molar-refractivity contribution in [3.63, 3.8) is 0 Å². The maximum atomic E-state index is 12.0. The van der Waals surface area contributed by atoms with Crippen LogP contribution in [0.4, 0.5) is 0 Å². The first-order chi connectivity index (χ1) is 8.04. The molecule has 0 N–H and O–H groups in total. The number of hydrogen-bond acceptors (Lipinski definition) is 2. The zero-order valence-electron chi connectivity index (χ0n) is 8.65. The van der Waals surface area contributed by atoms with Crippen molar-refractivity contribution in [1.82, 2.24) is 0 Å². The van der Waals surface area contributed by atoms with E-state index in [1.807, 2.05) is 36.4 Å². The molecule has 0 spiro atoms. The number of ketones is 1. The highest BCUT2D eigenvalue weighted by molar-refractivity contribution is 9.26. The minimum Gasteiger partial charge on any atom is -0.290 e. The second-order valence-corrected chi connectivity index (χ2v) is 7.02. The summed E-state index contributed by atoms with van der Waals surface area (Å²) in [5, 5.41) is 10.9. The Hall–Kier alpha value is -1.18. The van der Waals surface area contributed by atoms with Gasteiger partial charge in [-0.2, -0.15) is 5.26 Å². The molecule has 0 saturated carbocycles. The number of halogens is 2. The number of Topliss-reactive ketones (excluding diaryl/α,β-unsaturated/α-hetero) is 1. The van der Waals surface area contributed by atoms with Gasteiger partial charge in [0.05, 0.1) is 0 Å². The highest BCUT2D eigenvalue weighted by Crippen LogP contribution is 2.30. The van der Waals surface area contributed by atoms with Gasteiger partial charge in [-0.3, -0.25) is 4.79 Å². The highest BCUT2D eigenvalue weighted by Gasteiger charge is 2.33. The standard InChI is InChI=1S/C13H7Br2NO/c14-13(15,8-16)12(17)11-6-5-9-3-1-2-4-10(9)7-11/h1-7H. The van der Waals surface area contributed by atoms with Crippen molar-refractivity contribution in [1.29, 1.82) is 5.26 Å². The van der Waals surface area contributed by atoms with Crippen LogP contribution < -0.4 is 0 Å². The maximum Gasteiger partial charge on any atom is 0.228 e. The number of carbonyl (C=O) groups is 1. The van der Waals surface area contributed by atoms with E-state index < -0.39 is 3.23 Å². The van der Waals surface area contributed by atoms with E-state index in [0.29, 0.717) is 5.56 Å². The first kappa shape index (κ1) is 12.3. The van der Waals surface area contributed by atoms with Crippen LogP contribution in [0.1, 0.15) is 10.4 Å². The van der Waals surface area contributed by atoms with Crippen LogP contribution in [-0.4, -0.2) is 9.02 Å². The molecular weight excluding hydrogens is 346 g/mol. The van der Waals surface area contributed by atoms with Crippen molar-refractivity contribution in [2.24, 2.45) is 0 Å². The molecule has 2 rings (SSSR count). The summed E-state index contributed by atoms with van der Waals surface area (Å²) in [6.45, 7) is 0. The molecule has 0 bridgehead atoms. The molecule has 2 nitrogen and oxygen atoms in total. The molecule has 0 atom stereocenters. The van der Waals surface area contributed by atoms with Gasteiger partial charge in [-0.15, -0.1) is 0 Å². The molecule has 2 aromatic carbocycles. The van der Waals surface area contributed by atoms with Crippen LogP contribution in [0.2, 0.25) is 0 Å². The molecule has 0 amide bonds. The van der Waals surface area contributed by atoms with Gasteiger partial charge >= 0.3 is 0 Å². The molecule has 0 aromatic heterocycles. The number of rotatable bonds is 2. The van der Waals surface area contributed by atoms with Gasteiger partial charge in [0.2, 0.25) is 9.02 Å². The Bertz CT molecular complexity index is 629. The predicted octanol–water partition coefficient (Wildman–Crippen LogP) is 4.03. The van der Waals surface area contributed by atoms with Crippen LogP contribution in [-0.2, 0) is 0 Å². The monoisotopic (exact) mass is 351 g/mol. The normalized spacial score (nSPS) is 11.1. The lowest BCUT2D eigenvalue weighted by atomic mass is 10.0. The van der Waals surface area contributed by atoms with Crippen LogP contribution in [0.3, 0.4) is 0 Å². The van der Waals surface area contributed by atoms with E-state index in [1.54, 1.807) is 12.1 Å². The summed E-state index contributed by atoms with van der Waals surface area (Å²) >= 11 is 6.11. The zero-order valence-corrected chi connectivity index (χ0v) is 11.8. The minimum absolute atomic E-state index is 0.300. The number of hydrogen-bond donors (Lipinski definition) is 0. The summed E-state index contributed by atoms with van der Waals surface area (Å²) in [6.07, 6.45) is 0. The van der Waals surface area contributed by atoms with Crippen LogP contribution in [0.25, 0.3) is 10.8 Å². The molecule has 4 heteroatoms. The Morgan fingerprint density at radius 1 is 1.12 bits per heavy atom. The van der Waals surface area contributed by atoms with Gasteiger partial charge in [-0.1, -0.05) is 36.4 Å². The number of nitriles is 1. The molecule has 2 aromatic rings. The van der Waals surface area contributed by atoms with Gasteiger partial charge in [0.1, 0.15) is 6.07 Å². The van der Waals surface area contributed by atoms with E-state index in [0.717, 1.165) is 10.8 Å². The van der Waals surface area contributed by atoms with Crippen molar-refractivity contribution in [2.45, 2.75) is 3.23 Å². The molecular formula is C13H7Br2NO. The Morgan fingerprint density at radius 3 is 2.41 bits per heavy atom. The second-order valence-electron chi connectivity index (χ2n) is 3.58. The zero-order chi connectivity index (χ0) is 12.5. The summed E-state index contributed by atoms with van der Waals surface area (Å²) in [7, 11) is 0. The molecule has 0 aliphatic carbocycles. The summed E-state index contributed by atoms with van der Waals surface area (Å²) in [4.78, 5) is 12.0. The summed E-state index contributed by atoms with van der Waals surface area (Å²) in [5.74, 6) is -0.300. The molecule has 0 radical (unpaired) electrons. The number of carbonyl (C=O) groups excluding carboxylic acids is 1. The van der Waals surface area contributed by atoms with Crippen molar-refractivity contribution >= 4 is 48.4 Å². The third kappa shape index (κ3) is 2.41. The van der Waals surface area contributed by atoms with E-state index in [1.165, 1.54) is 0 Å². The van der Waals surface area contributed by atoms with Gasteiger partial charge in [0, 0.05) is 5.56 Å². The van der Waals surface area contributed by atoms with Gasteiger partial charge < -0.3 is 0 Å². The Kier molecular flexibility index (Phi) is 3.32. The number of nitrogens with zero attached hydrogens (tertiary/aromatic N) is 1. The SMILES string of the molecule is N#CC(Br)(Br)C(=O)c1ccc2ccccc2c1. The van der Waals surface area contributed by atoms with Gasteiger partial charge in [-0.05, 0) is 48.7 Å².